The Balaban J connectivity index is 2.26. The molecule has 16 heavy (non-hydrogen) atoms. The van der Waals surface area contributed by atoms with E-state index in [0.29, 0.717) is 4.99 Å². The summed E-state index contributed by atoms with van der Waals surface area (Å²) in [5.41, 5.74) is 0.159. The van der Waals surface area contributed by atoms with Gasteiger partial charge in [-0.2, -0.15) is 0 Å². The average Bonchev–Trinajstić information content (AvgIpc) is 2.24. The minimum Gasteiger partial charge on any atom is -0.448 e. The number of rotatable bonds is 1. The summed E-state index contributed by atoms with van der Waals surface area (Å²) in [5.74, 6) is -0.282. The Morgan fingerprint density at radius 3 is 2.56 bits per heavy atom. The topological polar surface area (TPSA) is 38.3 Å². The lowest BCUT2D eigenvalue weighted by molar-refractivity contribution is -0.155. The number of carbonyl (C=O) groups is 1. The number of nitrogens with one attached hydrogen (secondary N) is 1. The molecule has 0 spiro atoms. The molecule has 0 aromatic heterocycles. The maximum absolute atomic E-state index is 11.7. The van der Waals surface area contributed by atoms with Crippen LogP contribution >= 0.6 is 12.2 Å². The largest absolute Gasteiger partial charge is 0.448 e. The van der Waals surface area contributed by atoms with E-state index in [0.717, 1.165) is 5.56 Å². The fraction of sp³-hybridized carbons (Fsp3) is 0.333. The van der Waals surface area contributed by atoms with Gasteiger partial charge in [-0.15, -0.1) is 0 Å². The Morgan fingerprint density at radius 1 is 1.31 bits per heavy atom. The number of esters is 1. The molecule has 1 atom stereocenters. The molecule has 1 aliphatic heterocycles. The highest BCUT2D eigenvalue weighted by Gasteiger charge is 2.39. The number of carbonyl (C=O) groups excluding carboxylic acids is 1. The first kappa shape index (κ1) is 11.1. The molecule has 1 aliphatic rings. The molecule has 0 aliphatic carbocycles. The van der Waals surface area contributed by atoms with Gasteiger partial charge in [-0.3, -0.25) is 0 Å². The normalized spacial score (nSPS) is 23.5. The molecule has 1 unspecified atom stereocenters. The van der Waals surface area contributed by atoms with Gasteiger partial charge >= 0.3 is 5.97 Å². The van der Waals surface area contributed by atoms with Gasteiger partial charge in [0.1, 0.15) is 10.5 Å². The number of morpholine rings is 1. The van der Waals surface area contributed by atoms with Gasteiger partial charge in [-0.1, -0.05) is 42.5 Å². The van der Waals surface area contributed by atoms with Crippen molar-refractivity contribution in [2.45, 2.75) is 25.5 Å². The van der Waals surface area contributed by atoms with Crippen LogP contribution in [0.1, 0.15) is 25.5 Å². The minimum absolute atomic E-state index is 0.282. The molecule has 0 saturated carbocycles. The maximum Gasteiger partial charge on any atom is 0.332 e. The monoisotopic (exact) mass is 235 g/mol. The lowest BCUT2D eigenvalue weighted by Gasteiger charge is -2.35. The zero-order valence-electron chi connectivity index (χ0n) is 9.19. The molecular weight excluding hydrogens is 222 g/mol. The number of benzene rings is 1. The van der Waals surface area contributed by atoms with Crippen molar-refractivity contribution in [1.29, 1.82) is 0 Å². The van der Waals surface area contributed by atoms with Crippen molar-refractivity contribution >= 4 is 23.2 Å². The molecule has 1 N–H and O–H groups in total. The molecule has 1 aromatic rings. The summed E-state index contributed by atoms with van der Waals surface area (Å²) in [6.45, 7) is 3.51. The SMILES string of the molecule is CC1(C)NC(=S)C(c2ccccc2)OC1=O. The van der Waals surface area contributed by atoms with Gasteiger partial charge in [0.15, 0.2) is 6.10 Å². The Kier molecular flexibility index (Phi) is 2.68. The first-order chi connectivity index (χ1) is 7.50. The number of cyclic esters (lactones) is 1. The van der Waals surface area contributed by atoms with Crippen LogP contribution in [0.25, 0.3) is 0 Å². The van der Waals surface area contributed by atoms with Crippen molar-refractivity contribution in [3.05, 3.63) is 35.9 Å². The second-order valence-corrected chi connectivity index (χ2v) is 4.75. The standard InChI is InChI=1S/C12H13NO2S/c1-12(2)11(14)15-9(10(16)13-12)8-6-4-3-5-7-8/h3-7,9H,1-2H3,(H,13,16). The smallest absolute Gasteiger partial charge is 0.332 e. The van der Waals surface area contributed by atoms with Crippen LogP contribution in [0.3, 0.4) is 0 Å². The maximum atomic E-state index is 11.7. The third-order valence-corrected chi connectivity index (χ3v) is 2.83. The second-order valence-electron chi connectivity index (χ2n) is 4.31. The van der Waals surface area contributed by atoms with Crippen LogP contribution in [0.2, 0.25) is 0 Å². The Labute approximate surface area is 99.8 Å². The first-order valence-corrected chi connectivity index (χ1v) is 5.49. The highest BCUT2D eigenvalue weighted by Crippen LogP contribution is 2.26. The van der Waals surface area contributed by atoms with E-state index >= 15 is 0 Å². The molecule has 1 fully saturated rings. The summed E-state index contributed by atoms with van der Waals surface area (Å²) in [6.07, 6.45) is -0.461. The zero-order chi connectivity index (χ0) is 11.8. The molecule has 0 bridgehead atoms. The van der Waals surface area contributed by atoms with Gasteiger partial charge in [-0.25, -0.2) is 4.79 Å². The van der Waals surface area contributed by atoms with Crippen LogP contribution in [0.5, 0.6) is 0 Å². The van der Waals surface area contributed by atoms with E-state index in [-0.39, 0.29) is 5.97 Å². The van der Waals surface area contributed by atoms with Crippen molar-refractivity contribution in [3.63, 3.8) is 0 Å². The summed E-state index contributed by atoms with van der Waals surface area (Å²) < 4.78 is 5.36. The highest BCUT2D eigenvalue weighted by molar-refractivity contribution is 7.80. The third kappa shape index (κ3) is 1.93. The van der Waals surface area contributed by atoms with E-state index in [4.69, 9.17) is 17.0 Å². The molecule has 0 amide bonds. The van der Waals surface area contributed by atoms with Crippen LogP contribution in [0.15, 0.2) is 30.3 Å². The zero-order valence-corrected chi connectivity index (χ0v) is 10.0. The van der Waals surface area contributed by atoms with Crippen molar-refractivity contribution < 1.29 is 9.53 Å². The van der Waals surface area contributed by atoms with Gasteiger partial charge in [0.25, 0.3) is 0 Å². The average molecular weight is 235 g/mol. The Bertz CT molecular complexity index is 428. The predicted molar refractivity (Wildman–Crippen MR) is 65.1 cm³/mol. The van der Waals surface area contributed by atoms with Crippen LogP contribution in [0, 0.1) is 0 Å². The van der Waals surface area contributed by atoms with E-state index in [1.807, 2.05) is 30.3 Å². The summed E-state index contributed by atoms with van der Waals surface area (Å²) in [4.78, 5) is 12.3. The van der Waals surface area contributed by atoms with Gasteiger partial charge < -0.3 is 10.1 Å². The molecule has 4 heteroatoms. The Morgan fingerprint density at radius 2 is 1.94 bits per heavy atom. The highest BCUT2D eigenvalue weighted by atomic mass is 32.1. The van der Waals surface area contributed by atoms with Crippen LogP contribution in [-0.4, -0.2) is 16.5 Å². The molecule has 0 radical (unpaired) electrons. The molecule has 84 valence electrons. The lowest BCUT2D eigenvalue weighted by Crippen LogP contribution is -2.56. The molecule has 1 heterocycles. The van der Waals surface area contributed by atoms with Crippen molar-refractivity contribution in [2.24, 2.45) is 0 Å². The lowest BCUT2D eigenvalue weighted by atomic mass is 10.0. The second kappa shape index (κ2) is 3.87. The summed E-state index contributed by atoms with van der Waals surface area (Å²) in [5, 5.41) is 3.01. The summed E-state index contributed by atoms with van der Waals surface area (Å²) in [7, 11) is 0. The Hall–Kier alpha value is -1.42. The van der Waals surface area contributed by atoms with Crippen molar-refractivity contribution in [2.75, 3.05) is 0 Å². The molecule has 3 nitrogen and oxygen atoms in total. The van der Waals surface area contributed by atoms with E-state index in [1.165, 1.54) is 0 Å². The van der Waals surface area contributed by atoms with Gasteiger partial charge in [0.05, 0.1) is 0 Å². The van der Waals surface area contributed by atoms with Gasteiger partial charge in [-0.05, 0) is 19.4 Å². The number of hydrogen-bond donors (Lipinski definition) is 1. The van der Waals surface area contributed by atoms with Gasteiger partial charge in [0, 0.05) is 0 Å². The fourth-order valence-corrected chi connectivity index (χ4v) is 2.02. The molecule has 1 saturated heterocycles. The third-order valence-electron chi connectivity index (χ3n) is 2.51. The predicted octanol–water partition coefficient (Wildman–Crippen LogP) is 1.98. The minimum atomic E-state index is -0.734. The first-order valence-electron chi connectivity index (χ1n) is 5.09. The van der Waals surface area contributed by atoms with Crippen LogP contribution in [-0.2, 0) is 9.53 Å². The van der Waals surface area contributed by atoms with Crippen LogP contribution in [0.4, 0.5) is 0 Å². The van der Waals surface area contributed by atoms with E-state index in [2.05, 4.69) is 5.32 Å². The molecule has 2 rings (SSSR count). The number of ether oxygens (including phenoxy) is 1. The molecule has 1 aromatic carbocycles. The molecular formula is C12H13NO2S. The van der Waals surface area contributed by atoms with Crippen molar-refractivity contribution in [1.82, 2.24) is 5.32 Å². The van der Waals surface area contributed by atoms with E-state index < -0.39 is 11.6 Å². The number of thiocarbonyl (C=S) groups is 1. The summed E-state index contributed by atoms with van der Waals surface area (Å²) >= 11 is 5.22. The number of hydrogen-bond acceptors (Lipinski definition) is 3. The van der Waals surface area contributed by atoms with E-state index in [1.54, 1.807) is 13.8 Å². The quantitative estimate of drug-likeness (QED) is 0.596. The summed E-state index contributed by atoms with van der Waals surface area (Å²) in [6, 6.07) is 9.49. The van der Waals surface area contributed by atoms with Gasteiger partial charge in [0.2, 0.25) is 0 Å². The van der Waals surface area contributed by atoms with E-state index in [9.17, 15) is 4.79 Å². The van der Waals surface area contributed by atoms with Crippen LogP contribution < -0.4 is 5.32 Å². The van der Waals surface area contributed by atoms with Crippen molar-refractivity contribution in [3.8, 4) is 0 Å². The fourth-order valence-electron chi connectivity index (χ4n) is 1.58.